The zero-order valence-electron chi connectivity index (χ0n) is 13.9. The number of hydrogen-bond acceptors (Lipinski definition) is 3. The first-order chi connectivity index (χ1) is 12.7. The maximum atomic E-state index is 13.5. The molecule has 1 aromatic heterocycles. The number of carbonyl (C=O) groups excluding carboxylic acids is 2. The third-order valence-electron chi connectivity index (χ3n) is 3.97. The van der Waals surface area contributed by atoms with Crippen LogP contribution < -0.4 is 5.32 Å². The highest BCUT2D eigenvalue weighted by molar-refractivity contribution is 6.11. The van der Waals surface area contributed by atoms with Gasteiger partial charge in [0.1, 0.15) is 11.5 Å². The van der Waals surface area contributed by atoms with Gasteiger partial charge in [0.2, 0.25) is 0 Å². The Kier molecular flexibility index (Phi) is 4.65. The van der Waals surface area contributed by atoms with E-state index in [1.807, 2.05) is 5.32 Å². The number of fused-ring (bicyclic) bond motifs is 1. The first-order valence-electron chi connectivity index (χ1n) is 7.76. The van der Waals surface area contributed by atoms with Gasteiger partial charge in [0.05, 0.1) is 11.1 Å². The minimum absolute atomic E-state index is 0.0146. The van der Waals surface area contributed by atoms with E-state index in [4.69, 9.17) is 0 Å². The summed E-state index contributed by atoms with van der Waals surface area (Å²) < 4.78 is 53.5. The van der Waals surface area contributed by atoms with Crippen molar-refractivity contribution in [2.24, 2.45) is 0 Å². The molecule has 0 atom stereocenters. The number of rotatable bonds is 2. The van der Waals surface area contributed by atoms with Crippen LogP contribution in [-0.4, -0.2) is 16.8 Å². The number of nitrogens with one attached hydrogen (secondary N) is 1. The Morgan fingerprint density at radius 1 is 0.963 bits per heavy atom. The van der Waals surface area contributed by atoms with Crippen molar-refractivity contribution in [3.05, 3.63) is 76.7 Å². The van der Waals surface area contributed by atoms with Gasteiger partial charge in [0.25, 0.3) is 11.8 Å². The standard InChI is InChI=1S/C19H12F4N2O2/c1-10-15(19(21,22)23)13-4-2-3-5-14(13)24-16(10)18(27)25-17(26)11-6-8-12(20)9-7-11/h2-9H,1H3,(H,25,26,27). The number of halogens is 4. The molecule has 0 aliphatic heterocycles. The van der Waals surface area contributed by atoms with E-state index in [0.717, 1.165) is 31.2 Å². The molecule has 0 aliphatic carbocycles. The molecule has 0 unspecified atom stereocenters. The number of amides is 2. The predicted molar refractivity (Wildman–Crippen MR) is 89.7 cm³/mol. The number of hydrogen-bond donors (Lipinski definition) is 1. The number of pyridine rings is 1. The molecule has 0 aliphatic rings. The lowest BCUT2D eigenvalue weighted by atomic mass is 10.0. The van der Waals surface area contributed by atoms with E-state index in [1.165, 1.54) is 24.3 Å². The fraction of sp³-hybridized carbons (Fsp3) is 0.105. The fourth-order valence-electron chi connectivity index (χ4n) is 2.73. The van der Waals surface area contributed by atoms with E-state index in [0.29, 0.717) is 0 Å². The lowest BCUT2D eigenvalue weighted by molar-refractivity contribution is -0.136. The Morgan fingerprint density at radius 2 is 1.59 bits per heavy atom. The minimum atomic E-state index is -4.71. The highest BCUT2D eigenvalue weighted by Crippen LogP contribution is 2.37. The van der Waals surface area contributed by atoms with E-state index in [1.54, 1.807) is 0 Å². The molecule has 0 saturated heterocycles. The van der Waals surface area contributed by atoms with Crippen molar-refractivity contribution in [1.29, 1.82) is 0 Å². The maximum absolute atomic E-state index is 13.5. The van der Waals surface area contributed by atoms with Crippen LogP contribution in [0, 0.1) is 12.7 Å². The maximum Gasteiger partial charge on any atom is 0.417 e. The summed E-state index contributed by atoms with van der Waals surface area (Å²) in [6.07, 6.45) is -4.71. The van der Waals surface area contributed by atoms with Crippen LogP contribution in [0.15, 0.2) is 48.5 Å². The topological polar surface area (TPSA) is 59.1 Å². The van der Waals surface area contributed by atoms with Gasteiger partial charge >= 0.3 is 6.18 Å². The average Bonchev–Trinajstić information content (AvgIpc) is 2.60. The molecule has 2 amide bonds. The highest BCUT2D eigenvalue weighted by Gasteiger charge is 2.37. The molecule has 0 bridgehead atoms. The molecule has 8 heteroatoms. The monoisotopic (exact) mass is 376 g/mol. The van der Waals surface area contributed by atoms with Crippen LogP contribution in [0.1, 0.15) is 32.0 Å². The molecule has 0 fully saturated rings. The Hall–Kier alpha value is -3.29. The Labute approximate surface area is 150 Å². The molecule has 2 aromatic carbocycles. The lowest BCUT2D eigenvalue weighted by Crippen LogP contribution is -2.32. The molecule has 1 heterocycles. The van der Waals surface area contributed by atoms with Gasteiger partial charge in [-0.1, -0.05) is 18.2 Å². The molecular formula is C19H12F4N2O2. The Bertz CT molecular complexity index is 1040. The van der Waals surface area contributed by atoms with Crippen LogP contribution in [0.4, 0.5) is 17.6 Å². The molecule has 27 heavy (non-hydrogen) atoms. The van der Waals surface area contributed by atoms with E-state index >= 15 is 0 Å². The molecule has 0 saturated carbocycles. The molecule has 0 radical (unpaired) electrons. The van der Waals surface area contributed by atoms with Gasteiger partial charge in [0.15, 0.2) is 0 Å². The van der Waals surface area contributed by atoms with E-state index in [9.17, 15) is 27.2 Å². The van der Waals surface area contributed by atoms with Crippen molar-refractivity contribution in [2.75, 3.05) is 0 Å². The van der Waals surface area contributed by atoms with Crippen molar-refractivity contribution < 1.29 is 27.2 Å². The largest absolute Gasteiger partial charge is 0.417 e. The summed E-state index contributed by atoms with van der Waals surface area (Å²) in [5.74, 6) is -2.51. The summed E-state index contributed by atoms with van der Waals surface area (Å²) in [5.41, 5.74) is -1.90. The number of aromatic nitrogens is 1. The Balaban J connectivity index is 2.03. The van der Waals surface area contributed by atoms with Gasteiger partial charge in [-0.15, -0.1) is 0 Å². The normalized spacial score (nSPS) is 11.4. The second kappa shape index (κ2) is 6.79. The number of nitrogens with zero attached hydrogens (tertiary/aromatic N) is 1. The van der Waals surface area contributed by atoms with Crippen LogP contribution >= 0.6 is 0 Å². The second-order valence-corrected chi connectivity index (χ2v) is 5.77. The summed E-state index contributed by atoms with van der Waals surface area (Å²) in [4.78, 5) is 28.5. The molecule has 0 spiro atoms. The average molecular weight is 376 g/mol. The molecule has 3 aromatic rings. The third-order valence-corrected chi connectivity index (χ3v) is 3.97. The molecule has 4 nitrogen and oxygen atoms in total. The summed E-state index contributed by atoms with van der Waals surface area (Å²) in [6.45, 7) is 1.12. The quantitative estimate of drug-likeness (QED) is 0.537. The molecule has 138 valence electrons. The minimum Gasteiger partial charge on any atom is -0.287 e. The zero-order chi connectivity index (χ0) is 19.8. The van der Waals surface area contributed by atoms with Crippen molar-refractivity contribution >= 4 is 22.7 Å². The summed E-state index contributed by atoms with van der Waals surface area (Å²) in [6, 6.07) is 9.92. The SMILES string of the molecule is Cc1c(C(=O)NC(=O)c2ccc(F)cc2)nc2ccccc2c1C(F)(F)F. The van der Waals surface area contributed by atoms with Gasteiger partial charge in [-0.05, 0) is 42.8 Å². The third kappa shape index (κ3) is 3.64. The molecular weight excluding hydrogens is 364 g/mol. The van der Waals surface area contributed by atoms with Gasteiger partial charge in [0, 0.05) is 10.9 Å². The van der Waals surface area contributed by atoms with Crippen LogP contribution in [0.5, 0.6) is 0 Å². The van der Waals surface area contributed by atoms with Crippen molar-refractivity contribution in [1.82, 2.24) is 10.3 Å². The van der Waals surface area contributed by atoms with Gasteiger partial charge in [-0.2, -0.15) is 13.2 Å². The van der Waals surface area contributed by atoms with Crippen LogP contribution in [0.25, 0.3) is 10.9 Å². The smallest absolute Gasteiger partial charge is 0.287 e. The van der Waals surface area contributed by atoms with Crippen molar-refractivity contribution in [3.8, 4) is 0 Å². The number of para-hydroxylation sites is 1. The van der Waals surface area contributed by atoms with Crippen molar-refractivity contribution in [2.45, 2.75) is 13.1 Å². The van der Waals surface area contributed by atoms with Gasteiger partial charge in [-0.3, -0.25) is 14.9 Å². The van der Waals surface area contributed by atoms with Gasteiger partial charge < -0.3 is 0 Å². The van der Waals surface area contributed by atoms with E-state index in [2.05, 4.69) is 4.98 Å². The van der Waals surface area contributed by atoms with Crippen LogP contribution in [0.3, 0.4) is 0 Å². The van der Waals surface area contributed by atoms with Crippen LogP contribution in [-0.2, 0) is 6.18 Å². The van der Waals surface area contributed by atoms with E-state index in [-0.39, 0.29) is 22.0 Å². The highest BCUT2D eigenvalue weighted by atomic mass is 19.4. The predicted octanol–water partition coefficient (Wildman–Crippen LogP) is 4.27. The summed E-state index contributed by atoms with van der Waals surface area (Å²) in [5, 5.41) is 1.85. The lowest BCUT2D eigenvalue weighted by Gasteiger charge is -2.16. The number of imide groups is 1. The number of alkyl halides is 3. The fourth-order valence-corrected chi connectivity index (χ4v) is 2.73. The first-order valence-corrected chi connectivity index (χ1v) is 7.76. The number of benzene rings is 2. The summed E-state index contributed by atoms with van der Waals surface area (Å²) in [7, 11) is 0. The second-order valence-electron chi connectivity index (χ2n) is 5.77. The molecule has 1 N–H and O–H groups in total. The van der Waals surface area contributed by atoms with E-state index < -0.39 is 35.1 Å². The van der Waals surface area contributed by atoms with Crippen molar-refractivity contribution in [3.63, 3.8) is 0 Å². The first kappa shape index (κ1) is 18.5. The summed E-state index contributed by atoms with van der Waals surface area (Å²) >= 11 is 0. The zero-order valence-corrected chi connectivity index (χ0v) is 13.9. The van der Waals surface area contributed by atoms with Crippen LogP contribution in [0.2, 0.25) is 0 Å². The van der Waals surface area contributed by atoms with Gasteiger partial charge in [-0.25, -0.2) is 9.37 Å². The number of carbonyl (C=O) groups is 2. The molecule has 3 rings (SSSR count). The Morgan fingerprint density at radius 3 is 2.22 bits per heavy atom.